The number of alkyl halides is 1. The number of anilines is 3. The fourth-order valence-electron chi connectivity index (χ4n) is 12.5. The molecule has 11 aromatic rings. The van der Waals surface area contributed by atoms with Crippen molar-refractivity contribution in [1.82, 2.24) is 75.8 Å². The second kappa shape index (κ2) is 49.6. The molecule has 0 spiro atoms. The molecule has 134 heavy (non-hydrogen) atoms. The number of halogens is 4. The van der Waals surface area contributed by atoms with Crippen molar-refractivity contribution < 1.29 is 86.0 Å². The molecule has 44 heteroatoms. The van der Waals surface area contributed by atoms with Crippen molar-refractivity contribution in [3.05, 3.63) is 232 Å². The lowest BCUT2D eigenvalue weighted by Crippen LogP contribution is -2.57. The summed E-state index contributed by atoms with van der Waals surface area (Å²) in [6.07, 6.45) is 16.8. The SMILES string of the molecule is CC(=O)c1cncc(Br)c1.CN[C@](C#C[Si](C)(C)C)(CN1Cc2ccc(OC)cc2C1=O)C(=O)OC.CN[C@](C#Cc1cncc(-c2csc(N)n2)c1)(CN1Cc2ccc(OC)cc2C1=O)C(=O)OC.COc1ccc2c(c1)C(=O)N(C[C@@]1(C#Cc3cncc(-c4csc(N)n4)c3)NC(=O)NC1=O)C2.Nc1nc(-c2cncc(Br)c2)cs1.O=C(CBr)c1cncc(Br)c1.O=C=O.O=C=O. The highest BCUT2D eigenvalue weighted by Crippen LogP contribution is 2.34. The Hall–Kier alpha value is -13.8. The first-order valence-electron chi connectivity index (χ1n) is 39.1. The largest absolute Gasteiger partial charge is 0.497 e. The molecule has 692 valence electrons. The number of carbonyl (C=O) groups is 9. The maximum Gasteiger partial charge on any atom is 0.373 e. The number of Topliss-reactive ketones (excluding diaryl/α,β-unsaturated/α-hetero) is 2. The Morgan fingerprint density at radius 2 is 0.888 bits per heavy atom. The molecule has 8 aromatic heterocycles. The summed E-state index contributed by atoms with van der Waals surface area (Å²) in [5.41, 5.74) is 27.1. The molecule has 6 amide bonds. The van der Waals surface area contributed by atoms with Crippen LogP contribution in [0, 0.1) is 35.1 Å². The van der Waals surface area contributed by atoms with Gasteiger partial charge < -0.3 is 60.9 Å². The second-order valence-electron chi connectivity index (χ2n) is 29.3. The number of aromatic nitrogens is 8. The van der Waals surface area contributed by atoms with Gasteiger partial charge in [0.05, 0.1) is 77.6 Å². The van der Waals surface area contributed by atoms with Gasteiger partial charge in [0, 0.05) is 167 Å². The van der Waals surface area contributed by atoms with Crippen molar-refractivity contribution in [2.75, 3.05) is 91.8 Å². The van der Waals surface area contributed by atoms with E-state index in [1.165, 1.54) is 73.4 Å². The zero-order chi connectivity index (χ0) is 98.2. The number of nitrogens with zero attached hydrogens (tertiary/aromatic N) is 11. The summed E-state index contributed by atoms with van der Waals surface area (Å²) in [7, 11) is 8.80. The van der Waals surface area contributed by atoms with E-state index in [0.29, 0.717) is 107 Å². The number of hydrogen-bond donors (Lipinski definition) is 7. The van der Waals surface area contributed by atoms with Crippen LogP contribution in [0.3, 0.4) is 0 Å². The first-order chi connectivity index (χ1) is 63.9. The number of imide groups is 1. The van der Waals surface area contributed by atoms with Crippen molar-refractivity contribution in [2.45, 2.75) is 62.8 Å². The predicted molar refractivity (Wildman–Crippen MR) is 514 cm³/mol. The smallest absolute Gasteiger partial charge is 0.373 e. The van der Waals surface area contributed by atoms with Crippen LogP contribution in [-0.4, -0.2) is 219 Å². The van der Waals surface area contributed by atoms with E-state index in [2.05, 4.69) is 180 Å². The predicted octanol–water partition coefficient (Wildman–Crippen LogP) is 10.8. The van der Waals surface area contributed by atoms with E-state index in [0.717, 1.165) is 46.9 Å². The van der Waals surface area contributed by atoms with E-state index in [4.69, 9.17) is 60.1 Å². The van der Waals surface area contributed by atoms with Gasteiger partial charge in [-0.05, 0) is 152 Å². The van der Waals surface area contributed by atoms with Gasteiger partial charge in [-0.2, -0.15) is 19.2 Å². The van der Waals surface area contributed by atoms with Crippen LogP contribution in [0.25, 0.3) is 33.8 Å². The van der Waals surface area contributed by atoms with Gasteiger partial charge in [-0.15, -0.1) is 39.6 Å². The number of methoxy groups -OCH3 is 5. The fourth-order valence-corrected chi connectivity index (χ4v) is 16.3. The quantitative estimate of drug-likeness (QED) is 0.00987. The van der Waals surface area contributed by atoms with Crippen molar-refractivity contribution in [3.8, 4) is 86.2 Å². The average Bonchev–Trinajstić information content (AvgIpc) is 1.62. The first-order valence-corrected chi connectivity index (χ1v) is 48.7. The molecular weight excluding hydrogens is 2070 g/mol. The lowest BCUT2D eigenvalue weighted by atomic mass is 9.99. The lowest BCUT2D eigenvalue weighted by molar-refractivity contribution is -0.193. The molecule has 3 atom stereocenters. The molecule has 1 fully saturated rings. The molecule has 0 aliphatic carbocycles. The Morgan fingerprint density at radius 3 is 1.24 bits per heavy atom. The number of likely N-dealkylation sites (N-methyl/N-ethyl adjacent to an activating group) is 2. The standard InChI is InChI=1S/C24H23N5O4S.C23H18N6O4S.C19H26N2O4Si.C8H6BrN3S.C7H5Br2NO.C7H6BrNO.2CO2/c1-26-24(22(31)33-3,14-29-12-16-4-5-18(32-2)9-19(16)21(29)30)7-6-15-8-17(11-27-10-15)20-13-34-23(25)28-20;1-33-16-3-2-14-10-29(19(30)17(14)7-16)12-23(20(31)27-22(32)28-23)5-4-13-6-15(9-25-8-13)18-11-34-21(24)26-18;1-20-19(18(23)25-3,9-10-26(4,5)6)13-21-12-14-7-8-15(24-2)11-16(14)17(21)22;9-6-1-5(2-11-3-6)7-4-13-8(10)12-7;8-2-7(11)5-1-6(9)4-10-3-5;1-5(10)6-2-7(8)4-9-3-6;2*2-1-3/h4-5,8-11,13,26H,12,14H2,1-3H3,(H2,25,28);2-3,6-9,11H,10,12H2,1H3,(H2,24,26)(H2,27,28,31,32);7-8,11,20H,12-13H2,1-6H3;1-4H,(H2,10,12);1,3-4H,2H2;2-4H,1H3;;/t24-;23-;19-;;;;;/m111...../s1. The molecule has 12 heterocycles. The van der Waals surface area contributed by atoms with Gasteiger partial charge in [-0.3, -0.25) is 69.6 Å². The summed E-state index contributed by atoms with van der Waals surface area (Å²) < 4.78 is 28.3. The summed E-state index contributed by atoms with van der Waals surface area (Å²) in [6, 6.07) is 24.4. The van der Waals surface area contributed by atoms with E-state index >= 15 is 0 Å². The number of nitrogens with one attached hydrogen (secondary N) is 4. The number of nitrogens with two attached hydrogens (primary N) is 3. The molecule has 4 aliphatic heterocycles. The second-order valence-corrected chi connectivity index (χ2v) is 40.0. The topological polar surface area (TPSA) is 507 Å². The molecule has 15 rings (SSSR count). The molecule has 3 aromatic carbocycles. The average molecular weight is 2150 g/mol. The maximum absolute atomic E-state index is 13.1. The summed E-state index contributed by atoms with van der Waals surface area (Å²) in [6.45, 7) is 8.86. The van der Waals surface area contributed by atoms with Crippen molar-refractivity contribution in [2.24, 2.45) is 0 Å². The number of benzene rings is 3. The molecule has 1 saturated heterocycles. The van der Waals surface area contributed by atoms with E-state index in [9.17, 15) is 43.2 Å². The number of carbonyl (C=O) groups excluding carboxylic acids is 13. The van der Waals surface area contributed by atoms with E-state index in [1.54, 1.807) is 154 Å². The number of nitrogen functional groups attached to an aromatic ring is 3. The Bertz CT molecular complexity index is 6460. The summed E-state index contributed by atoms with van der Waals surface area (Å²) in [4.78, 5) is 181. The van der Waals surface area contributed by atoms with Crippen molar-refractivity contribution in [1.29, 1.82) is 0 Å². The minimum absolute atomic E-state index is 0.00522. The third kappa shape index (κ3) is 28.9. The number of urea groups is 1. The molecule has 0 bridgehead atoms. The number of thiazole rings is 3. The molecule has 36 nitrogen and oxygen atoms in total. The van der Waals surface area contributed by atoms with Crippen LogP contribution in [0.15, 0.2) is 176 Å². The normalized spacial score (nSPS) is 14.0. The fraction of sp³-hybridized carbons (Fsp3) is 0.233. The number of hydrogen-bond acceptors (Lipinski definition) is 34. The van der Waals surface area contributed by atoms with Crippen LogP contribution >= 0.6 is 97.7 Å². The summed E-state index contributed by atoms with van der Waals surface area (Å²) in [5, 5.41) is 18.1. The number of pyridine rings is 5. The first kappa shape index (κ1) is 106. The third-order valence-corrected chi connectivity index (χ3v) is 23.8. The highest BCUT2D eigenvalue weighted by atomic mass is 79.9. The van der Waals surface area contributed by atoms with Gasteiger partial charge in [0.25, 0.3) is 23.6 Å². The van der Waals surface area contributed by atoms with E-state index in [-0.39, 0.29) is 67.8 Å². The van der Waals surface area contributed by atoms with Crippen LogP contribution in [0.2, 0.25) is 19.6 Å². The Morgan fingerprint density at radius 1 is 0.515 bits per heavy atom. The number of ketones is 2. The Kier molecular flexibility index (Phi) is 39.1. The zero-order valence-corrected chi connectivity index (χ0v) is 83.1. The van der Waals surface area contributed by atoms with E-state index < -0.39 is 48.6 Å². The zero-order valence-electron chi connectivity index (χ0n) is 73.3. The number of rotatable bonds is 19. The Labute approximate surface area is 815 Å². The van der Waals surface area contributed by atoms with Gasteiger partial charge in [-0.25, -0.2) is 29.3 Å². The lowest BCUT2D eigenvalue weighted by Gasteiger charge is -2.30. The van der Waals surface area contributed by atoms with Crippen LogP contribution in [-0.2, 0) is 62.7 Å². The van der Waals surface area contributed by atoms with Gasteiger partial charge in [0.2, 0.25) is 5.54 Å². The van der Waals surface area contributed by atoms with Gasteiger partial charge in [0.15, 0.2) is 38.0 Å². The molecule has 10 N–H and O–H groups in total. The highest BCUT2D eigenvalue weighted by molar-refractivity contribution is 9.11. The van der Waals surface area contributed by atoms with Gasteiger partial charge >= 0.3 is 30.3 Å². The number of ether oxygens (including phenoxy) is 5. The van der Waals surface area contributed by atoms with Crippen LogP contribution < -0.4 is 52.7 Å². The number of fused-ring (bicyclic) bond motifs is 3. The molecule has 0 unspecified atom stereocenters. The molecule has 0 saturated carbocycles. The van der Waals surface area contributed by atoms with Crippen LogP contribution in [0.5, 0.6) is 17.2 Å². The van der Waals surface area contributed by atoms with E-state index in [1.807, 2.05) is 41.1 Å². The van der Waals surface area contributed by atoms with Gasteiger partial charge in [-0.1, -0.05) is 83.4 Å². The summed E-state index contributed by atoms with van der Waals surface area (Å²) in [5.74, 6) is 14.4. The maximum atomic E-state index is 13.1. The molecular formula is C90H84Br4N18O18S3Si. The monoisotopic (exact) mass is 2140 g/mol. The molecule has 4 aliphatic rings. The van der Waals surface area contributed by atoms with Gasteiger partial charge in [0.1, 0.15) is 25.3 Å². The van der Waals surface area contributed by atoms with Crippen LogP contribution in [0.1, 0.15) is 86.5 Å². The minimum atomic E-state index is -1.72. The number of esters is 2. The molecule has 0 radical (unpaired) electrons. The minimum Gasteiger partial charge on any atom is -0.497 e. The number of amides is 6. The van der Waals surface area contributed by atoms with Crippen molar-refractivity contribution in [3.63, 3.8) is 0 Å². The van der Waals surface area contributed by atoms with Crippen LogP contribution in [0.4, 0.5) is 20.2 Å². The highest BCUT2D eigenvalue weighted by Gasteiger charge is 2.49. The third-order valence-electron chi connectivity index (χ3n) is 19.1. The summed E-state index contributed by atoms with van der Waals surface area (Å²) >= 11 is 17.0. The Balaban J connectivity index is 0.000000206. The van der Waals surface area contributed by atoms with Crippen molar-refractivity contribution >= 4 is 187 Å².